The summed E-state index contributed by atoms with van der Waals surface area (Å²) in [6.45, 7) is 9.77. The maximum Gasteiger partial charge on any atom is 0.351 e. The summed E-state index contributed by atoms with van der Waals surface area (Å²) in [5.74, 6) is -0.995. The van der Waals surface area contributed by atoms with E-state index in [1.165, 1.54) is 129 Å². The highest BCUT2D eigenvalue weighted by molar-refractivity contribution is 7.55. The normalized spacial score (nSPS) is 18.4. The maximum absolute atomic E-state index is 14.5. The number of ether oxygens (including phenoxy) is 5. The van der Waals surface area contributed by atoms with Gasteiger partial charge < -0.3 is 38.8 Å². The molecule has 5 atom stereocenters. The monoisotopic (exact) mass is 1120 g/mol. The molecule has 0 saturated carbocycles. The van der Waals surface area contributed by atoms with Crippen LogP contribution >= 0.6 is 7.52 Å². The largest absolute Gasteiger partial charge is 0.493 e. The van der Waals surface area contributed by atoms with E-state index in [9.17, 15) is 33.3 Å². The van der Waals surface area contributed by atoms with Crippen LogP contribution in [0.5, 0.6) is 5.75 Å². The molecule has 2 aromatic heterocycles. The number of aromatic amines is 1. The van der Waals surface area contributed by atoms with E-state index in [0.29, 0.717) is 24.3 Å². The molecule has 2 aromatic carbocycles. The molecule has 20 nitrogen and oxygen atoms in total. The predicted molar refractivity (Wildman–Crippen MR) is 302 cm³/mol. The second-order valence-corrected chi connectivity index (χ2v) is 23.3. The number of benzene rings is 2. The van der Waals surface area contributed by atoms with E-state index in [0.717, 1.165) is 35.3 Å². The van der Waals surface area contributed by atoms with E-state index < -0.39 is 67.0 Å². The van der Waals surface area contributed by atoms with Crippen LogP contribution in [0.15, 0.2) is 75.3 Å². The summed E-state index contributed by atoms with van der Waals surface area (Å²) in [5.41, 5.74) is 1.59. The number of anilines is 1. The first kappa shape index (κ1) is 62.4. The summed E-state index contributed by atoms with van der Waals surface area (Å²) in [7, 11) is -3.73. The second-order valence-electron chi connectivity index (χ2n) is 20.9. The molecule has 21 heteroatoms. The first-order chi connectivity index (χ1) is 38.1. The fourth-order valence-electron chi connectivity index (χ4n) is 9.53. The van der Waals surface area contributed by atoms with Crippen LogP contribution in [-0.4, -0.2) is 106 Å². The van der Waals surface area contributed by atoms with Gasteiger partial charge in [0, 0.05) is 49.8 Å². The number of nitrogens with one attached hydrogen (secondary N) is 3. The standard InChI is InChI=1S/C58H84N7O13P/c1-6-7-8-9-10-11-12-13-14-15-16-17-18-19-20-24-31-73-49-33-45(32-42(2)44(49)4)39-74-53(66)27-28-54(67)75-40-48-37-63(38-52(78-48)64-30-29-50(61-57(64)70)60-56(69)46-25-22-21-23-26-46)79(5,72)76-41-47-34-59-35-51(77-47)65-36-43(3)55(68)62-58(65)71/h21-23,25-26,29-30,32-33,36,47-48,51-52,59H,6-20,24,27-28,31,34-35,37-41H2,1-5H3,(H,62,68,71)(H,60,61,69,70). The van der Waals surface area contributed by atoms with Crippen LogP contribution in [0.3, 0.4) is 0 Å². The third kappa shape index (κ3) is 20.7. The van der Waals surface area contributed by atoms with Gasteiger partial charge in [-0.3, -0.25) is 37.9 Å². The van der Waals surface area contributed by atoms with E-state index in [1.54, 1.807) is 37.3 Å². The Morgan fingerprint density at radius 2 is 1.37 bits per heavy atom. The third-order valence-electron chi connectivity index (χ3n) is 14.4. The molecule has 4 aromatic rings. The number of hydrogen-bond acceptors (Lipinski definition) is 15. The lowest BCUT2D eigenvalue weighted by Crippen LogP contribution is -2.49. The summed E-state index contributed by atoms with van der Waals surface area (Å²) >= 11 is 0. The van der Waals surface area contributed by atoms with Crippen LogP contribution in [-0.2, 0) is 44.2 Å². The van der Waals surface area contributed by atoms with Gasteiger partial charge in [0.15, 0.2) is 12.5 Å². The average Bonchev–Trinajstić information content (AvgIpc) is 3.44. The lowest BCUT2D eigenvalue weighted by molar-refractivity contribution is -0.161. The number of carbonyl (C=O) groups excluding carboxylic acids is 3. The Hall–Kier alpha value is -5.76. The van der Waals surface area contributed by atoms with Gasteiger partial charge in [0.1, 0.15) is 30.9 Å². The van der Waals surface area contributed by atoms with E-state index in [2.05, 4.69) is 27.5 Å². The van der Waals surface area contributed by atoms with Crippen LogP contribution in [0, 0.1) is 20.8 Å². The number of hydrogen-bond donors (Lipinski definition) is 3. The molecule has 2 fully saturated rings. The third-order valence-corrected chi connectivity index (χ3v) is 16.3. The van der Waals surface area contributed by atoms with Gasteiger partial charge in [0.2, 0.25) is 0 Å². The smallest absolute Gasteiger partial charge is 0.351 e. The number of H-pyrrole nitrogens is 1. The van der Waals surface area contributed by atoms with Crippen LogP contribution < -0.4 is 32.3 Å². The zero-order chi connectivity index (χ0) is 56.6. The van der Waals surface area contributed by atoms with E-state index in [4.69, 9.17) is 28.2 Å². The second kappa shape index (κ2) is 32.5. The topological polar surface area (TPSA) is 241 Å². The minimum atomic E-state index is -3.73. The summed E-state index contributed by atoms with van der Waals surface area (Å²) < 4.78 is 54.2. The molecule has 0 aliphatic carbocycles. The van der Waals surface area contributed by atoms with Crippen LogP contribution in [0.1, 0.15) is 168 Å². The van der Waals surface area contributed by atoms with E-state index >= 15 is 0 Å². The predicted octanol–water partition coefficient (Wildman–Crippen LogP) is 9.20. The molecular weight excluding hydrogens is 1030 g/mol. The zero-order valence-electron chi connectivity index (χ0n) is 47.0. The molecule has 0 radical (unpaired) electrons. The Morgan fingerprint density at radius 1 is 0.734 bits per heavy atom. The molecule has 6 rings (SSSR count). The van der Waals surface area contributed by atoms with Crippen molar-refractivity contribution in [3.63, 3.8) is 0 Å². The highest BCUT2D eigenvalue weighted by atomic mass is 31.2. The molecule has 4 heterocycles. The van der Waals surface area contributed by atoms with Gasteiger partial charge in [0.05, 0.1) is 38.7 Å². The maximum atomic E-state index is 14.5. The zero-order valence-corrected chi connectivity index (χ0v) is 47.9. The van der Waals surface area contributed by atoms with Gasteiger partial charge in [-0.15, -0.1) is 0 Å². The van der Waals surface area contributed by atoms with Crippen molar-refractivity contribution in [2.24, 2.45) is 0 Å². The van der Waals surface area contributed by atoms with Gasteiger partial charge in [-0.2, -0.15) is 4.98 Å². The van der Waals surface area contributed by atoms with Crippen molar-refractivity contribution < 1.29 is 47.2 Å². The summed E-state index contributed by atoms with van der Waals surface area (Å²) in [5, 5.41) is 5.79. The molecule has 2 aliphatic rings. The number of aromatic nitrogens is 4. The Bertz CT molecular complexity index is 2800. The van der Waals surface area contributed by atoms with Crippen molar-refractivity contribution in [3.8, 4) is 5.75 Å². The minimum absolute atomic E-state index is 0.00130. The first-order valence-electron chi connectivity index (χ1n) is 28.4. The molecule has 3 N–H and O–H groups in total. The fourth-order valence-corrected chi connectivity index (χ4v) is 11.1. The van der Waals surface area contributed by atoms with Gasteiger partial charge in [-0.25, -0.2) is 14.3 Å². The molecule has 5 unspecified atom stereocenters. The number of aryl methyl sites for hydroxylation is 2. The summed E-state index contributed by atoms with van der Waals surface area (Å²) in [6, 6.07) is 13.7. The lowest BCUT2D eigenvalue weighted by Gasteiger charge is -2.40. The fraction of sp³-hybridized carbons (Fsp3) is 0.603. The van der Waals surface area contributed by atoms with E-state index in [-0.39, 0.29) is 58.1 Å². The number of nitrogens with zero attached hydrogens (tertiary/aromatic N) is 4. The Labute approximate surface area is 464 Å². The Kier molecular flexibility index (Phi) is 25.7. The van der Waals surface area contributed by atoms with Crippen molar-refractivity contribution in [1.29, 1.82) is 0 Å². The highest BCUT2D eigenvalue weighted by Crippen LogP contribution is 2.49. The van der Waals surface area contributed by atoms with E-state index in [1.807, 2.05) is 26.0 Å². The highest BCUT2D eigenvalue weighted by Gasteiger charge is 2.39. The molecular formula is C58H84N7O13P. The first-order valence-corrected chi connectivity index (χ1v) is 30.4. The summed E-state index contributed by atoms with van der Waals surface area (Å²) in [6.07, 6.45) is 19.7. The number of amides is 1. The van der Waals surface area contributed by atoms with Crippen molar-refractivity contribution in [3.05, 3.63) is 120 Å². The molecule has 0 bridgehead atoms. The lowest BCUT2D eigenvalue weighted by atomic mass is 10.0. The molecule has 2 saturated heterocycles. The number of morpholine rings is 2. The van der Waals surface area contributed by atoms with Crippen molar-refractivity contribution in [1.82, 2.24) is 29.1 Å². The number of esters is 2. The number of unbranched alkanes of at least 4 members (excludes halogenated alkanes) is 15. The Morgan fingerprint density at radius 3 is 2.03 bits per heavy atom. The molecule has 0 spiro atoms. The van der Waals surface area contributed by atoms with Crippen molar-refractivity contribution in [2.75, 3.05) is 58.0 Å². The molecule has 434 valence electrons. The van der Waals surface area contributed by atoms with Crippen molar-refractivity contribution in [2.45, 2.75) is 175 Å². The molecule has 2 aliphatic heterocycles. The quantitative estimate of drug-likeness (QED) is 0.0229. The molecule has 79 heavy (non-hydrogen) atoms. The van der Waals surface area contributed by atoms with Crippen molar-refractivity contribution >= 4 is 31.2 Å². The number of rotatable bonds is 33. The van der Waals surface area contributed by atoms with Gasteiger partial charge in [-0.05, 0) is 68.1 Å². The number of carbonyl (C=O) groups is 3. The van der Waals surface area contributed by atoms with Crippen LogP contribution in [0.2, 0.25) is 0 Å². The van der Waals surface area contributed by atoms with Crippen LogP contribution in [0.25, 0.3) is 0 Å². The SMILES string of the molecule is CCCCCCCCCCCCCCCCCCOc1cc(COC(=O)CCC(=O)OCC2CN(P(C)(=O)OCC3CNCC(n4cc(C)c(=O)[nH]c4=O)O3)CC(n3ccc(NC(=O)c4ccccc4)nc3=O)O2)cc(C)c1C. The van der Waals surface area contributed by atoms with Gasteiger partial charge >= 0.3 is 23.3 Å². The molecule has 1 amide bonds. The van der Waals surface area contributed by atoms with Gasteiger partial charge in [-0.1, -0.05) is 128 Å². The summed E-state index contributed by atoms with van der Waals surface area (Å²) in [4.78, 5) is 83.3. The minimum Gasteiger partial charge on any atom is -0.493 e. The average molecular weight is 1120 g/mol. The Balaban J connectivity index is 0.957. The van der Waals surface area contributed by atoms with Gasteiger partial charge in [0.25, 0.3) is 19.0 Å². The van der Waals surface area contributed by atoms with Crippen LogP contribution in [0.4, 0.5) is 5.82 Å².